The van der Waals surface area contributed by atoms with Crippen LogP contribution in [-0.4, -0.2) is 48.2 Å². The lowest BCUT2D eigenvalue weighted by Gasteiger charge is -2.46. The summed E-state index contributed by atoms with van der Waals surface area (Å²) in [6, 6.07) is 0. The smallest absolute Gasteiger partial charge is 0.214 e. The number of hydrogen-bond acceptors (Lipinski definition) is 3. The van der Waals surface area contributed by atoms with Crippen molar-refractivity contribution in [2.24, 2.45) is 5.92 Å². The zero-order valence-corrected chi connectivity index (χ0v) is 12.9. The molecular formula is C13H24ClNO3S. The first kappa shape index (κ1) is 15.5. The van der Waals surface area contributed by atoms with E-state index >= 15 is 0 Å². The molecule has 2 unspecified atom stereocenters. The second-order valence-corrected chi connectivity index (χ2v) is 8.33. The maximum Gasteiger partial charge on any atom is 0.214 e. The van der Waals surface area contributed by atoms with Crippen molar-refractivity contribution in [2.75, 3.05) is 24.7 Å². The lowest BCUT2D eigenvalue weighted by atomic mass is 9.72. The zero-order chi connectivity index (χ0) is 13.9. The number of unbranched alkanes of at least 4 members (excludes halogenated alkanes) is 1. The van der Waals surface area contributed by atoms with Crippen LogP contribution in [-0.2, 0) is 10.0 Å². The number of nitrogens with zero attached hydrogens (tertiary/aromatic N) is 1. The molecule has 0 bridgehead atoms. The largest absolute Gasteiger partial charge is 0.390 e. The summed E-state index contributed by atoms with van der Waals surface area (Å²) in [6.07, 6.45) is 5.90. The van der Waals surface area contributed by atoms with E-state index in [0.717, 1.165) is 32.1 Å². The molecule has 1 aliphatic heterocycles. The third-order valence-corrected chi connectivity index (χ3v) is 6.76. The van der Waals surface area contributed by atoms with Gasteiger partial charge in [0.25, 0.3) is 0 Å². The first-order chi connectivity index (χ1) is 8.98. The van der Waals surface area contributed by atoms with Gasteiger partial charge in [-0.15, -0.1) is 11.6 Å². The summed E-state index contributed by atoms with van der Waals surface area (Å²) < 4.78 is 26.1. The number of sulfonamides is 1. The lowest BCUT2D eigenvalue weighted by molar-refractivity contribution is -0.0816. The van der Waals surface area contributed by atoms with Crippen LogP contribution in [0.5, 0.6) is 0 Å². The van der Waals surface area contributed by atoms with E-state index in [9.17, 15) is 13.5 Å². The molecule has 1 heterocycles. The topological polar surface area (TPSA) is 57.6 Å². The Bertz CT molecular complexity index is 401. The van der Waals surface area contributed by atoms with E-state index in [4.69, 9.17) is 11.6 Å². The summed E-state index contributed by atoms with van der Waals surface area (Å²) in [5.74, 6) is 0.820. The molecule has 0 radical (unpaired) electrons. The van der Waals surface area contributed by atoms with Crippen molar-refractivity contribution >= 4 is 21.6 Å². The Hall–Kier alpha value is 0.160. The molecule has 1 aliphatic carbocycles. The maximum atomic E-state index is 12.2. The number of fused-ring (bicyclic) bond motifs is 1. The van der Waals surface area contributed by atoms with Gasteiger partial charge in [0.1, 0.15) is 0 Å². The standard InChI is InChI=1S/C13H24ClNO3S/c14-8-3-4-10-19(17,18)15-9-7-13(16)6-2-1-5-12(13)11-15/h12,16H,1-11H2. The summed E-state index contributed by atoms with van der Waals surface area (Å²) >= 11 is 5.58. The highest BCUT2D eigenvalue weighted by molar-refractivity contribution is 7.89. The highest BCUT2D eigenvalue weighted by Gasteiger charge is 2.44. The van der Waals surface area contributed by atoms with Gasteiger partial charge < -0.3 is 5.11 Å². The fourth-order valence-electron chi connectivity index (χ4n) is 3.30. The van der Waals surface area contributed by atoms with Crippen molar-refractivity contribution in [3.63, 3.8) is 0 Å². The summed E-state index contributed by atoms with van der Waals surface area (Å²) in [4.78, 5) is 0. The van der Waals surface area contributed by atoms with Gasteiger partial charge in [-0.2, -0.15) is 0 Å². The molecule has 0 aromatic heterocycles. The van der Waals surface area contributed by atoms with Crippen molar-refractivity contribution in [1.82, 2.24) is 4.31 Å². The Labute approximate surface area is 121 Å². The summed E-state index contributed by atoms with van der Waals surface area (Å²) in [5, 5.41) is 10.5. The van der Waals surface area contributed by atoms with Crippen LogP contribution in [0.3, 0.4) is 0 Å². The average molecular weight is 310 g/mol. The van der Waals surface area contributed by atoms with Gasteiger partial charge in [0.05, 0.1) is 11.4 Å². The van der Waals surface area contributed by atoms with E-state index in [1.165, 1.54) is 0 Å². The normalized spacial score (nSPS) is 33.1. The van der Waals surface area contributed by atoms with Crippen LogP contribution in [0.4, 0.5) is 0 Å². The Morgan fingerprint density at radius 2 is 2.05 bits per heavy atom. The number of halogens is 1. The summed E-state index contributed by atoms with van der Waals surface area (Å²) in [6.45, 7) is 0.968. The van der Waals surface area contributed by atoms with Crippen molar-refractivity contribution in [1.29, 1.82) is 0 Å². The summed E-state index contributed by atoms with van der Waals surface area (Å²) in [7, 11) is -3.17. The molecule has 19 heavy (non-hydrogen) atoms. The van der Waals surface area contributed by atoms with Crippen molar-refractivity contribution in [2.45, 2.75) is 50.5 Å². The maximum absolute atomic E-state index is 12.2. The Morgan fingerprint density at radius 1 is 1.26 bits per heavy atom. The van der Waals surface area contributed by atoms with Crippen LogP contribution in [0.2, 0.25) is 0 Å². The quantitative estimate of drug-likeness (QED) is 0.624. The minimum absolute atomic E-state index is 0.123. The Balaban J connectivity index is 1.96. The van der Waals surface area contributed by atoms with Gasteiger partial charge in [0.15, 0.2) is 0 Å². The fraction of sp³-hybridized carbons (Fsp3) is 1.00. The number of aliphatic hydroxyl groups is 1. The molecule has 112 valence electrons. The van der Waals surface area contributed by atoms with Crippen molar-refractivity contribution < 1.29 is 13.5 Å². The second-order valence-electron chi connectivity index (χ2n) is 5.87. The third-order valence-electron chi connectivity index (χ3n) is 4.57. The number of rotatable bonds is 5. The van der Waals surface area contributed by atoms with E-state index < -0.39 is 15.6 Å². The average Bonchev–Trinajstić information content (AvgIpc) is 2.37. The van der Waals surface area contributed by atoms with Crippen molar-refractivity contribution in [3.05, 3.63) is 0 Å². The molecule has 2 atom stereocenters. The predicted molar refractivity (Wildman–Crippen MR) is 76.8 cm³/mol. The van der Waals surface area contributed by atoms with Gasteiger partial charge in [-0.1, -0.05) is 12.8 Å². The Morgan fingerprint density at radius 3 is 2.79 bits per heavy atom. The van der Waals surface area contributed by atoms with Crippen LogP contribution in [0.1, 0.15) is 44.9 Å². The van der Waals surface area contributed by atoms with Gasteiger partial charge in [-0.25, -0.2) is 12.7 Å². The molecule has 1 saturated carbocycles. The van der Waals surface area contributed by atoms with Crippen molar-refractivity contribution in [3.8, 4) is 0 Å². The first-order valence-electron chi connectivity index (χ1n) is 7.24. The molecule has 2 rings (SSSR count). The van der Waals surface area contributed by atoms with Crippen LogP contribution in [0, 0.1) is 5.92 Å². The predicted octanol–water partition coefficient (Wildman–Crippen LogP) is 1.96. The lowest BCUT2D eigenvalue weighted by Crippen LogP contribution is -2.54. The minimum Gasteiger partial charge on any atom is -0.390 e. The molecule has 4 nitrogen and oxygen atoms in total. The number of hydrogen-bond donors (Lipinski definition) is 1. The number of alkyl halides is 1. The molecule has 0 amide bonds. The van der Waals surface area contributed by atoms with E-state index in [-0.39, 0.29) is 11.7 Å². The zero-order valence-electron chi connectivity index (χ0n) is 11.4. The van der Waals surface area contributed by atoms with Gasteiger partial charge >= 0.3 is 0 Å². The molecule has 0 aromatic carbocycles. The van der Waals surface area contributed by atoms with Gasteiger partial charge in [0, 0.05) is 24.9 Å². The molecular weight excluding hydrogens is 286 g/mol. The van der Waals surface area contributed by atoms with Gasteiger partial charge in [-0.3, -0.25) is 0 Å². The second kappa shape index (κ2) is 6.29. The SMILES string of the molecule is O=S(=O)(CCCCCl)N1CCC2(O)CCCCC2C1. The van der Waals surface area contributed by atoms with Gasteiger partial charge in [-0.05, 0) is 32.1 Å². The Kier molecular flexibility index (Phi) is 5.15. The molecule has 6 heteroatoms. The van der Waals surface area contributed by atoms with E-state index in [1.54, 1.807) is 4.31 Å². The summed E-state index contributed by atoms with van der Waals surface area (Å²) in [5.41, 5.74) is -0.611. The van der Waals surface area contributed by atoms with Crippen LogP contribution in [0.15, 0.2) is 0 Å². The first-order valence-corrected chi connectivity index (χ1v) is 9.38. The van der Waals surface area contributed by atoms with Crippen LogP contribution < -0.4 is 0 Å². The molecule has 1 N–H and O–H groups in total. The van der Waals surface area contributed by atoms with Crippen LogP contribution >= 0.6 is 11.6 Å². The monoisotopic (exact) mass is 309 g/mol. The molecule has 2 aliphatic rings. The van der Waals surface area contributed by atoms with E-state index in [2.05, 4.69) is 0 Å². The van der Waals surface area contributed by atoms with E-state index in [0.29, 0.717) is 31.8 Å². The fourth-order valence-corrected chi connectivity index (χ4v) is 5.09. The molecule has 2 fully saturated rings. The highest BCUT2D eigenvalue weighted by Crippen LogP contribution is 2.40. The van der Waals surface area contributed by atoms with Crippen LogP contribution in [0.25, 0.3) is 0 Å². The number of piperidine rings is 1. The van der Waals surface area contributed by atoms with E-state index in [1.807, 2.05) is 0 Å². The van der Waals surface area contributed by atoms with Gasteiger partial charge in [0.2, 0.25) is 10.0 Å². The molecule has 0 spiro atoms. The molecule has 0 aromatic rings. The third kappa shape index (κ3) is 3.63. The minimum atomic E-state index is -3.17. The highest BCUT2D eigenvalue weighted by atomic mass is 35.5. The molecule has 1 saturated heterocycles.